The Bertz CT molecular complexity index is 390. The van der Waals surface area contributed by atoms with Crippen LogP contribution in [0.3, 0.4) is 0 Å². The Balaban J connectivity index is 2.35. The van der Waals surface area contributed by atoms with Crippen LogP contribution in [0.5, 0.6) is 0 Å². The molecule has 2 rings (SSSR count). The van der Waals surface area contributed by atoms with Crippen LogP contribution in [0.15, 0.2) is 12.1 Å². The van der Waals surface area contributed by atoms with Gasteiger partial charge >= 0.3 is 0 Å². The van der Waals surface area contributed by atoms with Gasteiger partial charge in [0, 0.05) is 11.6 Å². The quantitative estimate of drug-likeness (QED) is 0.838. The standard InChI is InChI=1S/C15H22FN/c1-5-17-15(12-8-10(12)3)14-11(4)6-9(2)7-13(14)16/h6-7,10,12,15,17H,5,8H2,1-4H3. The van der Waals surface area contributed by atoms with E-state index in [0.29, 0.717) is 5.92 Å². The first kappa shape index (κ1) is 12.6. The fourth-order valence-corrected chi connectivity index (χ4v) is 2.82. The molecular weight excluding hydrogens is 213 g/mol. The van der Waals surface area contributed by atoms with Crippen LogP contribution in [0.1, 0.15) is 43.0 Å². The molecule has 94 valence electrons. The lowest BCUT2D eigenvalue weighted by Crippen LogP contribution is -2.25. The smallest absolute Gasteiger partial charge is 0.128 e. The number of hydrogen-bond donors (Lipinski definition) is 1. The minimum absolute atomic E-state index is 0.0486. The molecule has 0 aromatic heterocycles. The second kappa shape index (κ2) is 4.77. The van der Waals surface area contributed by atoms with Crippen LogP contribution in [0.25, 0.3) is 0 Å². The van der Waals surface area contributed by atoms with Crippen molar-refractivity contribution in [2.75, 3.05) is 6.54 Å². The Kier molecular flexibility index (Phi) is 3.53. The van der Waals surface area contributed by atoms with Gasteiger partial charge in [-0.1, -0.05) is 19.9 Å². The van der Waals surface area contributed by atoms with Gasteiger partial charge in [0.25, 0.3) is 0 Å². The topological polar surface area (TPSA) is 12.0 Å². The summed E-state index contributed by atoms with van der Waals surface area (Å²) in [6, 6.07) is 3.92. The van der Waals surface area contributed by atoms with Crippen LogP contribution in [0, 0.1) is 31.5 Å². The van der Waals surface area contributed by atoms with E-state index in [1.807, 2.05) is 13.8 Å². The number of nitrogens with one attached hydrogen (secondary N) is 1. The number of benzene rings is 1. The van der Waals surface area contributed by atoms with Gasteiger partial charge in [-0.3, -0.25) is 0 Å². The lowest BCUT2D eigenvalue weighted by Gasteiger charge is -2.21. The molecule has 1 saturated carbocycles. The molecule has 1 fully saturated rings. The van der Waals surface area contributed by atoms with Crippen LogP contribution >= 0.6 is 0 Å². The molecule has 0 amide bonds. The van der Waals surface area contributed by atoms with Crippen molar-refractivity contribution in [2.45, 2.75) is 40.2 Å². The normalized spacial score (nSPS) is 24.8. The van der Waals surface area contributed by atoms with Crippen molar-refractivity contribution >= 4 is 0 Å². The van der Waals surface area contributed by atoms with Crippen LogP contribution in [0.4, 0.5) is 4.39 Å². The van der Waals surface area contributed by atoms with Gasteiger partial charge < -0.3 is 5.32 Å². The largest absolute Gasteiger partial charge is 0.310 e. The Labute approximate surface area is 103 Å². The predicted octanol–water partition coefficient (Wildman–Crippen LogP) is 3.75. The molecular formula is C15H22FN. The summed E-state index contributed by atoms with van der Waals surface area (Å²) in [7, 11) is 0. The van der Waals surface area contributed by atoms with E-state index < -0.39 is 0 Å². The van der Waals surface area contributed by atoms with Crippen molar-refractivity contribution in [3.63, 3.8) is 0 Å². The van der Waals surface area contributed by atoms with Gasteiger partial charge in [0.05, 0.1) is 0 Å². The van der Waals surface area contributed by atoms with E-state index in [1.165, 1.54) is 6.42 Å². The monoisotopic (exact) mass is 235 g/mol. The van der Waals surface area contributed by atoms with Crippen LogP contribution in [-0.4, -0.2) is 6.54 Å². The number of hydrogen-bond acceptors (Lipinski definition) is 1. The lowest BCUT2D eigenvalue weighted by atomic mass is 9.94. The maximum absolute atomic E-state index is 14.2. The van der Waals surface area contributed by atoms with Crippen molar-refractivity contribution in [1.82, 2.24) is 5.32 Å². The van der Waals surface area contributed by atoms with Gasteiger partial charge in [0.1, 0.15) is 5.82 Å². The molecule has 0 saturated heterocycles. The molecule has 0 aliphatic heterocycles. The molecule has 1 aromatic carbocycles. The molecule has 17 heavy (non-hydrogen) atoms. The lowest BCUT2D eigenvalue weighted by molar-refractivity contribution is 0.450. The first-order valence-corrected chi connectivity index (χ1v) is 6.54. The van der Waals surface area contributed by atoms with E-state index in [-0.39, 0.29) is 11.9 Å². The molecule has 1 aliphatic rings. The van der Waals surface area contributed by atoms with E-state index in [2.05, 4.69) is 25.2 Å². The third kappa shape index (κ3) is 2.52. The zero-order valence-corrected chi connectivity index (χ0v) is 11.2. The van der Waals surface area contributed by atoms with Crippen LogP contribution in [0.2, 0.25) is 0 Å². The minimum Gasteiger partial charge on any atom is -0.310 e. The first-order chi connectivity index (χ1) is 8.04. The molecule has 3 atom stereocenters. The summed E-state index contributed by atoms with van der Waals surface area (Å²) >= 11 is 0. The van der Waals surface area contributed by atoms with Gasteiger partial charge in [-0.15, -0.1) is 0 Å². The summed E-state index contributed by atoms with van der Waals surface area (Å²) < 4.78 is 14.2. The molecule has 1 N–H and O–H groups in total. The van der Waals surface area contributed by atoms with Crippen molar-refractivity contribution in [3.05, 3.63) is 34.6 Å². The summed E-state index contributed by atoms with van der Waals surface area (Å²) in [5.41, 5.74) is 2.96. The maximum atomic E-state index is 14.2. The van der Waals surface area contributed by atoms with Gasteiger partial charge in [-0.2, -0.15) is 0 Å². The molecule has 0 spiro atoms. The molecule has 0 bridgehead atoms. The van der Waals surface area contributed by atoms with Gasteiger partial charge in [0.15, 0.2) is 0 Å². The molecule has 3 unspecified atom stereocenters. The summed E-state index contributed by atoms with van der Waals surface area (Å²) in [6.45, 7) is 9.18. The number of rotatable bonds is 4. The molecule has 2 heteroatoms. The second-order valence-electron chi connectivity index (χ2n) is 5.39. The first-order valence-electron chi connectivity index (χ1n) is 6.54. The minimum atomic E-state index is -0.0486. The predicted molar refractivity (Wildman–Crippen MR) is 69.6 cm³/mol. The number of halogens is 1. The SMILES string of the molecule is CCNC(c1c(C)cc(C)cc1F)C1CC1C. The van der Waals surface area contributed by atoms with Gasteiger partial charge in [0.2, 0.25) is 0 Å². The summed E-state index contributed by atoms with van der Waals surface area (Å²) in [4.78, 5) is 0. The van der Waals surface area contributed by atoms with E-state index in [4.69, 9.17) is 0 Å². The Morgan fingerprint density at radius 1 is 1.41 bits per heavy atom. The number of aryl methyl sites for hydroxylation is 2. The van der Waals surface area contributed by atoms with Gasteiger partial charge in [-0.25, -0.2) is 4.39 Å². The van der Waals surface area contributed by atoms with Crippen molar-refractivity contribution in [1.29, 1.82) is 0 Å². The van der Waals surface area contributed by atoms with Gasteiger partial charge in [-0.05, 0) is 55.8 Å². The molecule has 1 aromatic rings. The van der Waals surface area contributed by atoms with E-state index in [9.17, 15) is 4.39 Å². The molecule has 1 aliphatic carbocycles. The highest BCUT2D eigenvalue weighted by Crippen LogP contribution is 2.48. The third-order valence-corrected chi connectivity index (χ3v) is 3.82. The van der Waals surface area contributed by atoms with Crippen molar-refractivity contribution in [2.24, 2.45) is 11.8 Å². The van der Waals surface area contributed by atoms with Crippen LogP contribution in [-0.2, 0) is 0 Å². The second-order valence-corrected chi connectivity index (χ2v) is 5.39. The average Bonchev–Trinajstić information content (AvgIpc) is 2.92. The van der Waals surface area contributed by atoms with Crippen molar-refractivity contribution in [3.8, 4) is 0 Å². The zero-order valence-electron chi connectivity index (χ0n) is 11.2. The summed E-state index contributed by atoms with van der Waals surface area (Å²) in [6.07, 6.45) is 1.21. The molecule has 1 nitrogen and oxygen atoms in total. The Morgan fingerprint density at radius 3 is 2.53 bits per heavy atom. The highest BCUT2D eigenvalue weighted by Gasteiger charge is 2.41. The highest BCUT2D eigenvalue weighted by molar-refractivity contribution is 5.35. The Hall–Kier alpha value is -0.890. The third-order valence-electron chi connectivity index (χ3n) is 3.82. The van der Waals surface area contributed by atoms with Crippen LogP contribution < -0.4 is 5.32 Å². The molecule has 0 radical (unpaired) electrons. The maximum Gasteiger partial charge on any atom is 0.128 e. The Morgan fingerprint density at radius 2 is 2.06 bits per heavy atom. The van der Waals surface area contributed by atoms with Crippen molar-refractivity contribution < 1.29 is 4.39 Å². The van der Waals surface area contributed by atoms with E-state index in [0.717, 1.165) is 29.2 Å². The highest BCUT2D eigenvalue weighted by atomic mass is 19.1. The average molecular weight is 235 g/mol. The fourth-order valence-electron chi connectivity index (χ4n) is 2.82. The van der Waals surface area contributed by atoms with E-state index in [1.54, 1.807) is 6.07 Å². The zero-order chi connectivity index (χ0) is 12.6. The fraction of sp³-hybridized carbons (Fsp3) is 0.600. The molecule has 0 heterocycles. The van der Waals surface area contributed by atoms with E-state index >= 15 is 0 Å². The summed E-state index contributed by atoms with van der Waals surface area (Å²) in [5.74, 6) is 1.28. The summed E-state index contributed by atoms with van der Waals surface area (Å²) in [5, 5.41) is 3.45.